The first-order valence-electron chi connectivity index (χ1n) is 6.65. The van der Waals surface area contributed by atoms with E-state index in [2.05, 4.69) is 10.4 Å². The van der Waals surface area contributed by atoms with Crippen molar-refractivity contribution in [3.05, 3.63) is 57.5 Å². The molecule has 1 heterocycles. The van der Waals surface area contributed by atoms with Crippen LogP contribution in [0.5, 0.6) is 0 Å². The molecule has 0 aliphatic heterocycles. The summed E-state index contributed by atoms with van der Waals surface area (Å²) >= 11 is 0. The first-order valence-corrected chi connectivity index (χ1v) is 6.65. The lowest BCUT2D eigenvalue weighted by molar-refractivity contribution is -0.389. The maximum Gasteiger partial charge on any atom is 0.390 e. The van der Waals surface area contributed by atoms with Crippen LogP contribution in [0.4, 0.5) is 10.2 Å². The van der Waals surface area contributed by atoms with E-state index in [0.29, 0.717) is 12.2 Å². The average molecular weight is 306 g/mol. The maximum absolute atomic E-state index is 12.7. The summed E-state index contributed by atoms with van der Waals surface area (Å²) in [5, 5.41) is 17.1. The zero-order valence-corrected chi connectivity index (χ0v) is 12.0. The van der Waals surface area contributed by atoms with Crippen LogP contribution in [0.3, 0.4) is 0 Å². The first kappa shape index (κ1) is 15.6. The van der Waals surface area contributed by atoms with Gasteiger partial charge in [0, 0.05) is 13.0 Å². The summed E-state index contributed by atoms with van der Waals surface area (Å²) in [6, 6.07) is 7.20. The van der Waals surface area contributed by atoms with Crippen LogP contribution in [0.2, 0.25) is 0 Å². The quantitative estimate of drug-likeness (QED) is 0.652. The molecule has 0 spiro atoms. The van der Waals surface area contributed by atoms with Crippen LogP contribution >= 0.6 is 0 Å². The topological polar surface area (TPSA) is 90.1 Å². The first-order chi connectivity index (χ1) is 10.5. The second-order valence-electron chi connectivity index (χ2n) is 4.78. The molecule has 0 aliphatic carbocycles. The van der Waals surface area contributed by atoms with Gasteiger partial charge in [-0.25, -0.2) is 4.39 Å². The molecule has 0 saturated heterocycles. The second kappa shape index (κ2) is 6.79. The molecule has 22 heavy (non-hydrogen) atoms. The minimum atomic E-state index is -0.571. The third-order valence-corrected chi connectivity index (χ3v) is 3.11. The Morgan fingerprint density at radius 2 is 2.09 bits per heavy atom. The number of amides is 1. The van der Waals surface area contributed by atoms with Gasteiger partial charge in [0.05, 0.1) is 23.4 Å². The molecule has 0 fully saturated rings. The van der Waals surface area contributed by atoms with Gasteiger partial charge < -0.3 is 15.4 Å². The van der Waals surface area contributed by atoms with Gasteiger partial charge in [-0.1, -0.05) is 12.1 Å². The Balaban J connectivity index is 1.82. The molecule has 0 bridgehead atoms. The SMILES string of the molecule is Cc1cc([N+](=O)[O-])nn1CCC(=O)NCc1ccc(F)cc1. The van der Waals surface area contributed by atoms with Gasteiger partial charge in [0.1, 0.15) is 5.82 Å². The summed E-state index contributed by atoms with van der Waals surface area (Å²) in [7, 11) is 0. The third-order valence-electron chi connectivity index (χ3n) is 3.11. The van der Waals surface area contributed by atoms with Gasteiger partial charge in [-0.3, -0.25) is 4.79 Å². The van der Waals surface area contributed by atoms with Crippen molar-refractivity contribution in [2.75, 3.05) is 0 Å². The Morgan fingerprint density at radius 3 is 2.68 bits per heavy atom. The predicted octanol–water partition coefficient (Wildman–Crippen LogP) is 1.95. The van der Waals surface area contributed by atoms with Crippen molar-refractivity contribution in [3.8, 4) is 0 Å². The van der Waals surface area contributed by atoms with Crippen molar-refractivity contribution in [1.82, 2.24) is 15.1 Å². The highest BCUT2D eigenvalue weighted by atomic mass is 19.1. The van der Waals surface area contributed by atoms with E-state index in [9.17, 15) is 19.3 Å². The summed E-state index contributed by atoms with van der Waals surface area (Å²) in [6.45, 7) is 2.25. The lowest BCUT2D eigenvalue weighted by Crippen LogP contribution is -2.24. The normalized spacial score (nSPS) is 10.5. The average Bonchev–Trinajstić information content (AvgIpc) is 2.86. The molecule has 0 atom stereocenters. The van der Waals surface area contributed by atoms with Gasteiger partial charge in [0.25, 0.3) is 0 Å². The number of aryl methyl sites for hydroxylation is 2. The van der Waals surface area contributed by atoms with Crippen molar-refractivity contribution in [1.29, 1.82) is 0 Å². The molecule has 116 valence electrons. The molecule has 1 aromatic heterocycles. The second-order valence-corrected chi connectivity index (χ2v) is 4.78. The van der Waals surface area contributed by atoms with E-state index in [1.165, 1.54) is 22.9 Å². The van der Waals surface area contributed by atoms with Crippen molar-refractivity contribution in [3.63, 3.8) is 0 Å². The highest BCUT2D eigenvalue weighted by Gasteiger charge is 2.15. The summed E-state index contributed by atoms with van der Waals surface area (Å²) in [5.41, 5.74) is 1.42. The Labute approximate surface area is 125 Å². The number of nitrogens with zero attached hydrogens (tertiary/aromatic N) is 3. The number of nitro groups is 1. The van der Waals surface area contributed by atoms with Crippen molar-refractivity contribution in [2.45, 2.75) is 26.4 Å². The van der Waals surface area contributed by atoms with Gasteiger partial charge in [0.2, 0.25) is 5.91 Å². The number of hydrogen-bond acceptors (Lipinski definition) is 4. The van der Waals surface area contributed by atoms with Crippen molar-refractivity contribution in [2.24, 2.45) is 0 Å². The van der Waals surface area contributed by atoms with E-state index in [1.54, 1.807) is 19.1 Å². The van der Waals surface area contributed by atoms with Crippen LogP contribution in [0.25, 0.3) is 0 Å². The smallest absolute Gasteiger partial charge is 0.358 e. The minimum Gasteiger partial charge on any atom is -0.358 e. The van der Waals surface area contributed by atoms with Crippen LogP contribution in [-0.2, 0) is 17.9 Å². The molecule has 1 aromatic carbocycles. The standard InChI is InChI=1S/C14H15FN4O3/c1-10-8-13(19(21)22)17-18(10)7-6-14(20)16-9-11-2-4-12(15)5-3-11/h2-5,8H,6-7,9H2,1H3,(H,16,20). The van der Waals surface area contributed by atoms with E-state index < -0.39 is 4.92 Å². The highest BCUT2D eigenvalue weighted by Crippen LogP contribution is 2.11. The summed E-state index contributed by atoms with van der Waals surface area (Å²) in [4.78, 5) is 21.8. The number of carbonyl (C=O) groups is 1. The minimum absolute atomic E-state index is 0.154. The summed E-state index contributed by atoms with van der Waals surface area (Å²) < 4.78 is 14.2. The number of halogens is 1. The Morgan fingerprint density at radius 1 is 1.41 bits per heavy atom. The van der Waals surface area contributed by atoms with Gasteiger partial charge in [-0.2, -0.15) is 4.68 Å². The van der Waals surface area contributed by atoms with Crippen LogP contribution in [-0.4, -0.2) is 20.6 Å². The fourth-order valence-electron chi connectivity index (χ4n) is 1.91. The van der Waals surface area contributed by atoms with E-state index in [0.717, 1.165) is 5.56 Å². The molecule has 0 aliphatic rings. The van der Waals surface area contributed by atoms with E-state index >= 15 is 0 Å². The number of rotatable bonds is 6. The monoisotopic (exact) mass is 306 g/mol. The molecule has 7 nitrogen and oxygen atoms in total. The number of hydrogen-bond donors (Lipinski definition) is 1. The van der Waals surface area contributed by atoms with Crippen molar-refractivity contribution >= 4 is 11.7 Å². The Kier molecular flexibility index (Phi) is 4.82. The molecule has 0 saturated carbocycles. The fourth-order valence-corrected chi connectivity index (χ4v) is 1.91. The van der Waals surface area contributed by atoms with Crippen LogP contribution in [0.15, 0.2) is 30.3 Å². The van der Waals surface area contributed by atoms with E-state index in [-0.39, 0.29) is 30.5 Å². The number of benzene rings is 1. The molecule has 0 radical (unpaired) electrons. The molecular weight excluding hydrogens is 291 g/mol. The molecule has 8 heteroatoms. The Bertz CT molecular complexity index is 682. The zero-order valence-electron chi connectivity index (χ0n) is 12.0. The highest BCUT2D eigenvalue weighted by molar-refractivity contribution is 5.75. The van der Waals surface area contributed by atoms with Gasteiger partial charge in [-0.05, 0) is 29.5 Å². The Hall–Kier alpha value is -2.77. The molecule has 1 amide bonds. The molecular formula is C14H15FN4O3. The van der Waals surface area contributed by atoms with Gasteiger partial charge >= 0.3 is 5.82 Å². The lowest BCUT2D eigenvalue weighted by Gasteiger charge is -2.05. The molecule has 2 rings (SSSR count). The van der Waals surface area contributed by atoms with Gasteiger partial charge in [0.15, 0.2) is 0 Å². The summed E-state index contributed by atoms with van der Waals surface area (Å²) in [6.07, 6.45) is 0.154. The van der Waals surface area contributed by atoms with Crippen LogP contribution in [0, 0.1) is 22.9 Å². The molecule has 0 unspecified atom stereocenters. The number of carbonyl (C=O) groups excluding carboxylic acids is 1. The molecule has 2 aromatic rings. The van der Waals surface area contributed by atoms with Crippen LogP contribution in [0.1, 0.15) is 17.7 Å². The van der Waals surface area contributed by atoms with Crippen LogP contribution < -0.4 is 5.32 Å². The van der Waals surface area contributed by atoms with Gasteiger partial charge in [-0.15, -0.1) is 0 Å². The number of aromatic nitrogens is 2. The largest absolute Gasteiger partial charge is 0.390 e. The molecule has 1 N–H and O–H groups in total. The maximum atomic E-state index is 12.7. The van der Waals surface area contributed by atoms with E-state index in [4.69, 9.17) is 0 Å². The fraction of sp³-hybridized carbons (Fsp3) is 0.286. The predicted molar refractivity (Wildman–Crippen MR) is 76.5 cm³/mol. The third kappa shape index (κ3) is 4.11. The zero-order chi connectivity index (χ0) is 16.1. The van der Waals surface area contributed by atoms with Crippen molar-refractivity contribution < 1.29 is 14.1 Å². The number of nitrogens with one attached hydrogen (secondary N) is 1. The van der Waals surface area contributed by atoms with E-state index in [1.807, 2.05) is 0 Å². The summed E-state index contributed by atoms with van der Waals surface area (Å²) in [5.74, 6) is -0.767. The lowest BCUT2D eigenvalue weighted by atomic mass is 10.2.